The second kappa shape index (κ2) is 3.61. The first-order valence-corrected chi connectivity index (χ1v) is 4.26. The average Bonchev–Trinajstić information content (AvgIpc) is 2.36. The Hall–Kier alpha value is -0.510. The number of rotatable bonds is 2. The minimum atomic E-state index is 0.607. The van der Waals surface area contributed by atoms with Crippen LogP contribution in [0.15, 0.2) is 4.99 Å². The zero-order valence-corrected chi connectivity index (χ0v) is 6.73. The van der Waals surface area contributed by atoms with Gasteiger partial charge in [0.1, 0.15) is 0 Å². The molecule has 0 saturated carbocycles. The molecule has 1 amide bonds. The predicted molar refractivity (Wildman–Crippen MR) is 43.2 cm³/mol. The van der Waals surface area contributed by atoms with E-state index in [9.17, 15) is 4.79 Å². The molecule has 0 atom stereocenters. The Morgan fingerprint density at radius 3 is 3.30 bits per heavy atom. The molecule has 1 saturated heterocycles. The molecule has 56 valence electrons. The lowest BCUT2D eigenvalue weighted by atomic mass is 10.6. The van der Waals surface area contributed by atoms with Crippen molar-refractivity contribution < 1.29 is 4.79 Å². The molecular formula is C6H10N2OS. The molecule has 0 aliphatic carbocycles. The molecule has 1 heterocycles. The maximum absolute atomic E-state index is 9.99. The monoisotopic (exact) mass is 158 g/mol. The van der Waals surface area contributed by atoms with Crippen molar-refractivity contribution in [3.8, 4) is 0 Å². The van der Waals surface area contributed by atoms with Gasteiger partial charge < -0.3 is 4.90 Å². The number of thioether (sulfide) groups is 1. The summed E-state index contributed by atoms with van der Waals surface area (Å²) in [6.45, 7) is 4.03. The Balaban J connectivity index is 2.57. The number of carbonyl (C=O) groups excluding carboxylic acids is 1. The lowest BCUT2D eigenvalue weighted by Crippen LogP contribution is -2.23. The predicted octanol–water partition coefficient (Wildman–Crippen LogP) is 0.567. The Kier molecular flexibility index (Phi) is 2.74. The zero-order valence-electron chi connectivity index (χ0n) is 5.91. The van der Waals surface area contributed by atoms with E-state index in [0.29, 0.717) is 6.41 Å². The Bertz CT molecular complexity index is 158. The Labute approximate surface area is 64.5 Å². The quantitative estimate of drug-likeness (QED) is 0.551. The maximum atomic E-state index is 9.99. The van der Waals surface area contributed by atoms with E-state index in [0.717, 1.165) is 24.0 Å². The van der Waals surface area contributed by atoms with Crippen LogP contribution in [0.1, 0.15) is 6.92 Å². The third-order valence-electron chi connectivity index (χ3n) is 1.41. The molecule has 0 aromatic heterocycles. The van der Waals surface area contributed by atoms with Crippen molar-refractivity contribution in [2.24, 2.45) is 4.99 Å². The average molecular weight is 158 g/mol. The summed E-state index contributed by atoms with van der Waals surface area (Å²) in [7, 11) is 0. The highest BCUT2D eigenvalue weighted by atomic mass is 32.2. The molecule has 1 rings (SSSR count). The number of amidine groups is 1. The van der Waals surface area contributed by atoms with Crippen molar-refractivity contribution in [1.82, 2.24) is 4.90 Å². The number of amides is 1. The third kappa shape index (κ3) is 1.50. The van der Waals surface area contributed by atoms with Crippen LogP contribution in [0.4, 0.5) is 0 Å². The summed E-state index contributed by atoms with van der Waals surface area (Å²) in [6, 6.07) is 0. The fourth-order valence-corrected chi connectivity index (χ4v) is 1.91. The molecule has 3 nitrogen and oxygen atoms in total. The molecule has 0 N–H and O–H groups in total. The van der Waals surface area contributed by atoms with Crippen molar-refractivity contribution in [3.05, 3.63) is 0 Å². The standard InChI is InChI=1S/C6H10N2OS/c1-2-8-3-4-10-6(8)7-5-9/h5H,2-4H2,1H3. The normalized spacial score (nSPS) is 22.1. The van der Waals surface area contributed by atoms with Crippen LogP contribution in [-0.4, -0.2) is 35.3 Å². The van der Waals surface area contributed by atoms with Gasteiger partial charge in [-0.3, -0.25) is 4.79 Å². The van der Waals surface area contributed by atoms with E-state index in [-0.39, 0.29) is 0 Å². The Morgan fingerprint density at radius 2 is 2.70 bits per heavy atom. The summed E-state index contributed by atoms with van der Waals surface area (Å²) in [4.78, 5) is 15.8. The smallest absolute Gasteiger partial charge is 0.235 e. The van der Waals surface area contributed by atoms with Gasteiger partial charge in [-0.05, 0) is 6.92 Å². The molecule has 1 aliphatic heterocycles. The van der Waals surface area contributed by atoms with Crippen LogP contribution >= 0.6 is 11.8 Å². The largest absolute Gasteiger partial charge is 0.351 e. The van der Waals surface area contributed by atoms with Crippen LogP contribution in [0.2, 0.25) is 0 Å². The maximum Gasteiger partial charge on any atom is 0.235 e. The van der Waals surface area contributed by atoms with E-state index in [2.05, 4.69) is 16.8 Å². The number of hydrogen-bond donors (Lipinski definition) is 0. The van der Waals surface area contributed by atoms with Gasteiger partial charge in [-0.25, -0.2) is 0 Å². The van der Waals surface area contributed by atoms with E-state index in [1.165, 1.54) is 0 Å². The zero-order chi connectivity index (χ0) is 7.40. The van der Waals surface area contributed by atoms with Gasteiger partial charge in [0.15, 0.2) is 5.17 Å². The van der Waals surface area contributed by atoms with Crippen LogP contribution in [-0.2, 0) is 4.79 Å². The van der Waals surface area contributed by atoms with Gasteiger partial charge >= 0.3 is 0 Å². The summed E-state index contributed by atoms with van der Waals surface area (Å²) in [5, 5.41) is 0.873. The summed E-state index contributed by atoms with van der Waals surface area (Å²) in [6.07, 6.45) is 0.607. The van der Waals surface area contributed by atoms with E-state index >= 15 is 0 Å². The van der Waals surface area contributed by atoms with Crippen molar-refractivity contribution in [2.45, 2.75) is 6.92 Å². The molecule has 0 aromatic rings. The van der Waals surface area contributed by atoms with Crippen LogP contribution in [0.25, 0.3) is 0 Å². The van der Waals surface area contributed by atoms with Crippen LogP contribution in [0.3, 0.4) is 0 Å². The molecule has 4 heteroatoms. The summed E-state index contributed by atoms with van der Waals surface area (Å²) < 4.78 is 0. The minimum absolute atomic E-state index is 0.607. The minimum Gasteiger partial charge on any atom is -0.351 e. The van der Waals surface area contributed by atoms with Gasteiger partial charge in [-0.1, -0.05) is 11.8 Å². The number of carbonyl (C=O) groups is 1. The molecule has 0 unspecified atom stereocenters. The van der Waals surface area contributed by atoms with Crippen molar-refractivity contribution in [1.29, 1.82) is 0 Å². The van der Waals surface area contributed by atoms with Gasteiger partial charge in [-0.2, -0.15) is 4.99 Å². The van der Waals surface area contributed by atoms with Crippen LogP contribution in [0.5, 0.6) is 0 Å². The fraction of sp³-hybridized carbons (Fsp3) is 0.667. The number of hydrogen-bond acceptors (Lipinski definition) is 2. The number of nitrogens with zero attached hydrogens (tertiary/aromatic N) is 2. The topological polar surface area (TPSA) is 32.7 Å². The second-order valence-electron chi connectivity index (χ2n) is 1.95. The molecule has 0 spiro atoms. The van der Waals surface area contributed by atoms with E-state index in [1.54, 1.807) is 11.8 Å². The van der Waals surface area contributed by atoms with Gasteiger partial charge in [-0.15, -0.1) is 0 Å². The number of aliphatic imine (C=N–C) groups is 1. The summed E-state index contributed by atoms with van der Waals surface area (Å²) >= 11 is 1.64. The van der Waals surface area contributed by atoms with E-state index in [1.807, 2.05) is 0 Å². The van der Waals surface area contributed by atoms with Crippen molar-refractivity contribution in [2.75, 3.05) is 18.8 Å². The van der Waals surface area contributed by atoms with Crippen LogP contribution < -0.4 is 0 Å². The highest BCUT2D eigenvalue weighted by Gasteiger charge is 2.16. The fourth-order valence-electron chi connectivity index (χ4n) is 0.891. The second-order valence-corrected chi connectivity index (χ2v) is 3.01. The molecule has 1 fully saturated rings. The molecule has 0 bridgehead atoms. The van der Waals surface area contributed by atoms with Crippen molar-refractivity contribution in [3.63, 3.8) is 0 Å². The first-order valence-electron chi connectivity index (χ1n) is 3.27. The summed E-state index contributed by atoms with van der Waals surface area (Å²) in [5.74, 6) is 1.06. The van der Waals surface area contributed by atoms with Gasteiger partial charge in [0.05, 0.1) is 0 Å². The van der Waals surface area contributed by atoms with E-state index in [4.69, 9.17) is 0 Å². The lowest BCUT2D eigenvalue weighted by Gasteiger charge is -2.12. The van der Waals surface area contributed by atoms with Gasteiger partial charge in [0.2, 0.25) is 6.41 Å². The first-order chi connectivity index (χ1) is 4.88. The SMILES string of the molecule is CCN1CCSC1=NC=O. The summed E-state index contributed by atoms with van der Waals surface area (Å²) in [5.41, 5.74) is 0. The van der Waals surface area contributed by atoms with Gasteiger partial charge in [0, 0.05) is 18.8 Å². The van der Waals surface area contributed by atoms with Gasteiger partial charge in [0.25, 0.3) is 0 Å². The lowest BCUT2D eigenvalue weighted by molar-refractivity contribution is -0.106. The first kappa shape index (κ1) is 7.60. The highest BCUT2D eigenvalue weighted by Crippen LogP contribution is 2.16. The molecule has 1 aliphatic rings. The third-order valence-corrected chi connectivity index (χ3v) is 2.42. The highest BCUT2D eigenvalue weighted by molar-refractivity contribution is 8.14. The van der Waals surface area contributed by atoms with E-state index < -0.39 is 0 Å². The van der Waals surface area contributed by atoms with Crippen LogP contribution in [0, 0.1) is 0 Å². The molecule has 0 radical (unpaired) electrons. The molecule has 10 heavy (non-hydrogen) atoms. The van der Waals surface area contributed by atoms with Crippen molar-refractivity contribution >= 4 is 23.3 Å². The Morgan fingerprint density at radius 1 is 1.90 bits per heavy atom. The molecule has 0 aromatic carbocycles. The molecular weight excluding hydrogens is 148 g/mol.